The van der Waals surface area contributed by atoms with Crippen molar-refractivity contribution in [2.24, 2.45) is 0 Å². The second-order valence-electron chi connectivity index (χ2n) is 6.67. The van der Waals surface area contributed by atoms with Gasteiger partial charge in [-0.25, -0.2) is 4.79 Å². The highest BCUT2D eigenvalue weighted by atomic mass is 16.5. The van der Waals surface area contributed by atoms with Crippen LogP contribution >= 0.6 is 0 Å². The zero-order valence-electron chi connectivity index (χ0n) is 14.6. The van der Waals surface area contributed by atoms with Gasteiger partial charge in [-0.3, -0.25) is 0 Å². The van der Waals surface area contributed by atoms with Gasteiger partial charge in [0.05, 0.1) is 0 Å². The van der Waals surface area contributed by atoms with E-state index in [1.54, 1.807) is 0 Å². The Balaban J connectivity index is 1.96. The molecule has 2 aromatic carbocycles. The molecule has 1 aliphatic heterocycles. The van der Waals surface area contributed by atoms with Gasteiger partial charge >= 0.3 is 5.97 Å². The van der Waals surface area contributed by atoms with E-state index in [1.807, 2.05) is 44.2 Å². The summed E-state index contributed by atoms with van der Waals surface area (Å²) >= 11 is 0. The van der Waals surface area contributed by atoms with Crippen molar-refractivity contribution in [3.63, 3.8) is 0 Å². The molecule has 0 bridgehead atoms. The molecule has 1 aliphatic rings. The van der Waals surface area contributed by atoms with Crippen molar-refractivity contribution in [1.82, 2.24) is 0 Å². The fourth-order valence-electron chi connectivity index (χ4n) is 3.36. The predicted octanol–water partition coefficient (Wildman–Crippen LogP) is 4.81. The first kappa shape index (κ1) is 16.6. The van der Waals surface area contributed by atoms with Gasteiger partial charge in [-0.15, -0.1) is 0 Å². The molecule has 0 saturated carbocycles. The van der Waals surface area contributed by atoms with Crippen molar-refractivity contribution in [3.8, 4) is 5.75 Å². The van der Waals surface area contributed by atoms with E-state index in [9.17, 15) is 9.90 Å². The molecule has 1 N–H and O–H groups in total. The molecule has 126 valence electrons. The first-order valence-corrected chi connectivity index (χ1v) is 8.63. The van der Waals surface area contributed by atoms with E-state index in [0.29, 0.717) is 12.0 Å². The number of benzene rings is 2. The molecule has 0 fully saturated rings. The van der Waals surface area contributed by atoms with Crippen LogP contribution in [0.5, 0.6) is 5.75 Å². The quantitative estimate of drug-likeness (QED) is 0.821. The van der Waals surface area contributed by atoms with E-state index in [4.69, 9.17) is 4.74 Å². The van der Waals surface area contributed by atoms with Crippen molar-refractivity contribution in [2.45, 2.75) is 52.6 Å². The summed E-state index contributed by atoms with van der Waals surface area (Å²) in [4.78, 5) is 12.5. The molecule has 3 nitrogen and oxygen atoms in total. The van der Waals surface area contributed by atoms with Crippen LogP contribution in [0.3, 0.4) is 0 Å². The van der Waals surface area contributed by atoms with Crippen LogP contribution in [0.2, 0.25) is 0 Å². The number of esters is 1. The lowest BCUT2D eigenvalue weighted by Crippen LogP contribution is -2.22. The van der Waals surface area contributed by atoms with Gasteiger partial charge in [-0.1, -0.05) is 49.2 Å². The first-order valence-electron chi connectivity index (χ1n) is 8.63. The monoisotopic (exact) mass is 324 g/mol. The van der Waals surface area contributed by atoms with Gasteiger partial charge in [0.25, 0.3) is 0 Å². The van der Waals surface area contributed by atoms with E-state index >= 15 is 0 Å². The van der Waals surface area contributed by atoms with Crippen molar-refractivity contribution in [2.75, 3.05) is 0 Å². The van der Waals surface area contributed by atoms with Crippen LogP contribution in [-0.2, 0) is 17.6 Å². The van der Waals surface area contributed by atoms with Crippen LogP contribution in [-0.4, -0.2) is 11.1 Å². The number of hydrogen-bond acceptors (Lipinski definition) is 3. The highest BCUT2D eigenvalue weighted by molar-refractivity contribution is 5.96. The van der Waals surface area contributed by atoms with Gasteiger partial charge in [0.2, 0.25) is 0 Å². The minimum atomic E-state index is -0.419. The summed E-state index contributed by atoms with van der Waals surface area (Å²) in [6, 6.07) is 10.1. The normalized spacial score (nSPS) is 16.6. The third-order valence-electron chi connectivity index (χ3n) is 4.80. The van der Waals surface area contributed by atoms with Gasteiger partial charge in [0.15, 0.2) is 0 Å². The van der Waals surface area contributed by atoms with E-state index < -0.39 is 5.97 Å². The molecule has 2 aromatic rings. The Morgan fingerprint density at radius 3 is 2.58 bits per heavy atom. The summed E-state index contributed by atoms with van der Waals surface area (Å²) in [5.74, 6) is -0.303. The highest BCUT2D eigenvalue weighted by Crippen LogP contribution is 2.38. The van der Waals surface area contributed by atoms with E-state index in [2.05, 4.69) is 6.92 Å². The van der Waals surface area contributed by atoms with E-state index in [0.717, 1.165) is 41.5 Å². The summed E-state index contributed by atoms with van der Waals surface area (Å²) in [7, 11) is 0. The minimum absolute atomic E-state index is 0.116. The van der Waals surface area contributed by atoms with Crippen molar-refractivity contribution in [3.05, 3.63) is 63.7 Å². The molecule has 1 atom stereocenters. The lowest BCUT2D eigenvalue weighted by molar-refractivity contribution is 0.0248. The summed E-state index contributed by atoms with van der Waals surface area (Å²) in [5.41, 5.74) is 5.34. The number of fused-ring (bicyclic) bond motifs is 1. The third kappa shape index (κ3) is 3.03. The Morgan fingerprint density at radius 2 is 1.92 bits per heavy atom. The number of ether oxygens (including phenoxy) is 1. The van der Waals surface area contributed by atoms with Crippen molar-refractivity contribution < 1.29 is 14.6 Å². The van der Waals surface area contributed by atoms with Crippen LogP contribution in [0.15, 0.2) is 30.3 Å². The number of rotatable bonds is 4. The molecular formula is C21H24O3. The highest BCUT2D eigenvalue weighted by Gasteiger charge is 2.31. The zero-order valence-corrected chi connectivity index (χ0v) is 14.6. The smallest absolute Gasteiger partial charge is 0.342 e. The van der Waals surface area contributed by atoms with Crippen molar-refractivity contribution in [1.29, 1.82) is 0 Å². The molecule has 24 heavy (non-hydrogen) atoms. The fraction of sp³-hybridized carbons (Fsp3) is 0.381. The number of hydrogen-bond donors (Lipinski definition) is 1. The summed E-state index contributed by atoms with van der Waals surface area (Å²) in [5, 5.41) is 10.6. The lowest BCUT2D eigenvalue weighted by atomic mass is 9.88. The van der Waals surface area contributed by atoms with Gasteiger partial charge in [-0.05, 0) is 48.9 Å². The molecule has 3 heteroatoms. The Bertz CT molecular complexity index is 760. The summed E-state index contributed by atoms with van der Waals surface area (Å²) in [6.07, 6.45) is 3.15. The van der Waals surface area contributed by atoms with Gasteiger partial charge < -0.3 is 9.84 Å². The molecule has 1 unspecified atom stereocenters. The Hall–Kier alpha value is -2.29. The van der Waals surface area contributed by atoms with Crippen LogP contribution in [0.1, 0.15) is 64.0 Å². The standard InChI is InChI=1S/C21H24O3/c1-4-5-6-17-14(3)11-16-12-18(15-9-7-13(2)8-10-15)24-21(23)19(16)20(17)22/h7-11,18,22H,4-6,12H2,1-3H3. The Labute approximate surface area is 143 Å². The van der Waals surface area contributed by atoms with E-state index in [-0.39, 0.29) is 11.9 Å². The molecule has 0 saturated heterocycles. The molecule has 0 amide bonds. The van der Waals surface area contributed by atoms with Gasteiger partial charge in [0, 0.05) is 6.42 Å². The van der Waals surface area contributed by atoms with Crippen LogP contribution in [0.25, 0.3) is 0 Å². The molecule has 0 aromatic heterocycles. The number of unbranched alkanes of at least 4 members (excludes halogenated alkanes) is 1. The van der Waals surface area contributed by atoms with Crippen molar-refractivity contribution >= 4 is 5.97 Å². The Kier molecular flexibility index (Phi) is 4.61. The third-order valence-corrected chi connectivity index (χ3v) is 4.80. The fourth-order valence-corrected chi connectivity index (χ4v) is 3.36. The van der Waals surface area contributed by atoms with E-state index in [1.165, 1.54) is 5.56 Å². The number of carbonyl (C=O) groups excluding carboxylic acids is 1. The lowest BCUT2D eigenvalue weighted by Gasteiger charge is -2.27. The molecule has 3 rings (SSSR count). The second kappa shape index (κ2) is 6.68. The average Bonchev–Trinajstić information content (AvgIpc) is 2.54. The van der Waals surface area contributed by atoms with Crippen LogP contribution < -0.4 is 0 Å². The maximum Gasteiger partial charge on any atom is 0.342 e. The minimum Gasteiger partial charge on any atom is -0.507 e. The van der Waals surface area contributed by atoms with Crippen LogP contribution in [0, 0.1) is 13.8 Å². The maximum absolute atomic E-state index is 12.5. The largest absolute Gasteiger partial charge is 0.507 e. The number of cyclic esters (lactones) is 1. The number of phenols is 1. The number of aryl methyl sites for hydroxylation is 2. The Morgan fingerprint density at radius 1 is 1.21 bits per heavy atom. The van der Waals surface area contributed by atoms with Crippen LogP contribution in [0.4, 0.5) is 0 Å². The average molecular weight is 324 g/mol. The second-order valence-corrected chi connectivity index (χ2v) is 6.67. The SMILES string of the molecule is CCCCc1c(C)cc2c(c1O)C(=O)OC(c1ccc(C)cc1)C2. The zero-order chi connectivity index (χ0) is 17.3. The topological polar surface area (TPSA) is 46.5 Å². The maximum atomic E-state index is 12.5. The number of phenolic OH excluding ortho intramolecular Hbond substituents is 1. The molecule has 0 radical (unpaired) electrons. The summed E-state index contributed by atoms with van der Waals surface area (Å²) in [6.45, 7) is 6.15. The van der Waals surface area contributed by atoms with Gasteiger partial charge in [-0.2, -0.15) is 0 Å². The summed E-state index contributed by atoms with van der Waals surface area (Å²) < 4.78 is 5.62. The van der Waals surface area contributed by atoms with Gasteiger partial charge in [0.1, 0.15) is 17.4 Å². The number of aromatic hydroxyl groups is 1. The first-order chi connectivity index (χ1) is 11.5. The predicted molar refractivity (Wildman–Crippen MR) is 94.5 cm³/mol. The molecular weight excluding hydrogens is 300 g/mol. The number of carbonyl (C=O) groups is 1. The molecule has 0 aliphatic carbocycles. The molecule has 0 spiro atoms. The molecule has 1 heterocycles.